The van der Waals surface area contributed by atoms with Crippen molar-refractivity contribution >= 4 is 57.6 Å². The summed E-state index contributed by atoms with van der Waals surface area (Å²) in [6.45, 7) is 13.2. The van der Waals surface area contributed by atoms with E-state index in [4.69, 9.17) is 20.9 Å². The summed E-state index contributed by atoms with van der Waals surface area (Å²) >= 11 is 0. The number of allylic oxidation sites excluding steroid dienone is 2. The smallest absolute Gasteiger partial charge is 0.366 e. The van der Waals surface area contributed by atoms with Crippen LogP contribution in [0.3, 0.4) is 0 Å². The third kappa shape index (κ3) is 8.53. The number of aryl methyl sites for hydroxylation is 6. The number of nitrogens with zero attached hydrogens (tertiary/aromatic N) is 8. The van der Waals surface area contributed by atoms with Gasteiger partial charge >= 0.3 is 23.7 Å². The van der Waals surface area contributed by atoms with Crippen LogP contribution in [0.25, 0.3) is 22.1 Å². The Hall–Kier alpha value is -7.76. The summed E-state index contributed by atoms with van der Waals surface area (Å²) in [6, 6.07) is 19.4. The molecule has 0 radical (unpaired) electrons. The minimum Gasteiger partial charge on any atom is -0.497 e. The molecule has 0 aliphatic heterocycles. The number of hydrogen-bond donors (Lipinski definition) is 4. The SMILES string of the molecule is CCn1nc(C)cc1C(=O)Nc1n(C)c2cc(C(N)=O)ccc2[n+]1C/C(C)=C(\C)C[n+]1c(NC(=O)c2cc(C)nn2CC)n(C)c2cc(C(N)=O)cc(OCc3cccc(OC)c3)c21. The molecule has 4 aromatic heterocycles. The van der Waals surface area contributed by atoms with Crippen LogP contribution in [0.2, 0.25) is 0 Å². The van der Waals surface area contributed by atoms with E-state index in [9.17, 15) is 19.2 Å². The number of nitrogens with one attached hydrogen (secondary N) is 2. The molecule has 332 valence electrons. The number of rotatable bonds is 16. The zero-order chi connectivity index (χ0) is 46.1. The van der Waals surface area contributed by atoms with Gasteiger partial charge in [0, 0.05) is 24.2 Å². The Morgan fingerprint density at radius 2 is 1.25 bits per heavy atom. The number of primary amides is 2. The number of fused-ring (bicyclic) bond motifs is 2. The van der Waals surface area contributed by atoms with E-state index >= 15 is 0 Å². The molecule has 6 N–H and O–H groups in total. The van der Waals surface area contributed by atoms with Crippen LogP contribution in [0, 0.1) is 13.8 Å². The van der Waals surface area contributed by atoms with Gasteiger partial charge in [-0.15, -0.1) is 0 Å². The number of imidazole rings is 2. The molecule has 18 nitrogen and oxygen atoms in total. The van der Waals surface area contributed by atoms with Crippen molar-refractivity contribution in [3.63, 3.8) is 0 Å². The second-order valence-electron chi connectivity index (χ2n) is 15.8. The lowest BCUT2D eigenvalue weighted by Gasteiger charge is -2.13. The summed E-state index contributed by atoms with van der Waals surface area (Å²) in [5.74, 6) is -0.0377. The quantitative estimate of drug-likeness (QED) is 0.0792. The zero-order valence-electron chi connectivity index (χ0n) is 37.6. The summed E-state index contributed by atoms with van der Waals surface area (Å²) in [4.78, 5) is 53.1. The highest BCUT2D eigenvalue weighted by Gasteiger charge is 2.32. The second-order valence-corrected chi connectivity index (χ2v) is 15.8. The van der Waals surface area contributed by atoms with Crippen molar-refractivity contribution in [1.82, 2.24) is 28.7 Å². The van der Waals surface area contributed by atoms with Gasteiger partial charge in [-0.05, 0) is 113 Å². The van der Waals surface area contributed by atoms with E-state index in [1.165, 1.54) is 0 Å². The van der Waals surface area contributed by atoms with Gasteiger partial charge in [-0.25, -0.2) is 38.5 Å². The number of hydrogen-bond acceptors (Lipinski definition) is 8. The minimum atomic E-state index is -0.645. The van der Waals surface area contributed by atoms with Crippen molar-refractivity contribution in [1.29, 1.82) is 0 Å². The van der Waals surface area contributed by atoms with Crippen molar-refractivity contribution < 1.29 is 37.8 Å². The zero-order valence-corrected chi connectivity index (χ0v) is 37.6. The summed E-state index contributed by atoms with van der Waals surface area (Å²) in [5, 5.41) is 15.2. The molecule has 0 aliphatic carbocycles. The van der Waals surface area contributed by atoms with Crippen LogP contribution in [-0.4, -0.2) is 59.4 Å². The van der Waals surface area contributed by atoms with Crippen LogP contribution in [-0.2, 0) is 46.9 Å². The molecular formula is C46H54N12O6+2. The lowest BCUT2D eigenvalue weighted by atomic mass is 10.1. The molecule has 64 heavy (non-hydrogen) atoms. The number of ether oxygens (including phenoxy) is 2. The number of anilines is 2. The maximum Gasteiger partial charge on any atom is 0.366 e. The number of carbonyl (C=O) groups excluding carboxylic acids is 4. The van der Waals surface area contributed by atoms with Gasteiger partial charge in [0.2, 0.25) is 11.8 Å². The molecule has 7 aromatic rings. The summed E-state index contributed by atoms with van der Waals surface area (Å²) < 4.78 is 22.8. The van der Waals surface area contributed by atoms with Crippen LogP contribution in [0.15, 0.2) is 77.9 Å². The van der Waals surface area contributed by atoms with Crippen LogP contribution < -0.4 is 40.7 Å². The number of methoxy groups -OCH3 is 1. The van der Waals surface area contributed by atoms with Crippen molar-refractivity contribution in [2.24, 2.45) is 25.6 Å². The predicted molar refractivity (Wildman–Crippen MR) is 240 cm³/mol. The van der Waals surface area contributed by atoms with Crippen molar-refractivity contribution in [3.05, 3.63) is 117 Å². The Labute approximate surface area is 369 Å². The highest BCUT2D eigenvalue weighted by atomic mass is 16.5. The number of aromatic nitrogens is 8. The van der Waals surface area contributed by atoms with Crippen LogP contribution in [0.1, 0.15) is 86.3 Å². The lowest BCUT2D eigenvalue weighted by Crippen LogP contribution is -2.41. The van der Waals surface area contributed by atoms with Gasteiger partial charge < -0.3 is 20.9 Å². The van der Waals surface area contributed by atoms with Gasteiger partial charge in [0.1, 0.15) is 40.3 Å². The fourth-order valence-corrected chi connectivity index (χ4v) is 7.91. The highest BCUT2D eigenvalue weighted by molar-refractivity contribution is 6.04. The maximum absolute atomic E-state index is 14.1. The van der Waals surface area contributed by atoms with Crippen molar-refractivity contribution in [2.75, 3.05) is 17.7 Å². The number of carbonyl (C=O) groups is 4. The van der Waals surface area contributed by atoms with Gasteiger partial charge in [0.05, 0.1) is 45.7 Å². The lowest BCUT2D eigenvalue weighted by molar-refractivity contribution is -0.654. The molecule has 3 aromatic carbocycles. The fourth-order valence-electron chi connectivity index (χ4n) is 7.91. The number of benzene rings is 3. The molecule has 0 bridgehead atoms. The van der Waals surface area contributed by atoms with E-state index in [1.807, 2.05) is 92.6 Å². The molecule has 4 heterocycles. The maximum atomic E-state index is 14.1. The number of nitrogens with two attached hydrogens (primary N) is 2. The molecule has 0 saturated carbocycles. The van der Waals surface area contributed by atoms with Crippen molar-refractivity contribution in [3.8, 4) is 11.5 Å². The predicted octanol–water partition coefficient (Wildman–Crippen LogP) is 4.62. The molecule has 4 amide bonds. The van der Waals surface area contributed by atoms with Crippen LogP contribution in [0.4, 0.5) is 11.9 Å². The molecule has 18 heteroatoms. The van der Waals surface area contributed by atoms with Crippen LogP contribution in [0.5, 0.6) is 11.5 Å². The Bertz CT molecular complexity index is 3040. The van der Waals surface area contributed by atoms with Crippen LogP contribution >= 0.6 is 0 Å². The standard InChI is InChI=1S/C46H52N12O6/c1-10-57-37(17-28(5)51-57)43(61)49-45-53(7)35-20-31(41(47)59)15-16-34(35)55(45)23-26(3)27(4)24-56-40-36(54(8)46(56)50-44(62)38-18-29(6)52-58(38)11-2)21-32(42(48)60)22-39(40)64-25-30-13-12-14-33(19-30)63-9/h12-22H,10-11,23-25H2,1-9H3,(H4,47,48,59,60)/p+2/b27-26+. The van der Waals surface area contributed by atoms with E-state index in [-0.39, 0.29) is 30.5 Å². The van der Waals surface area contributed by atoms with Gasteiger partial charge in [-0.1, -0.05) is 12.1 Å². The second kappa shape index (κ2) is 17.9. The van der Waals surface area contributed by atoms with E-state index in [0.717, 1.165) is 22.2 Å². The van der Waals surface area contributed by atoms with Gasteiger partial charge in [0.15, 0.2) is 11.3 Å². The minimum absolute atomic E-state index is 0.135. The summed E-state index contributed by atoms with van der Waals surface area (Å²) in [6.07, 6.45) is 0. The third-order valence-electron chi connectivity index (χ3n) is 11.4. The van der Waals surface area contributed by atoms with Crippen molar-refractivity contribution in [2.45, 2.75) is 74.3 Å². The van der Waals surface area contributed by atoms with E-state index in [2.05, 4.69) is 20.8 Å². The first-order chi connectivity index (χ1) is 30.5. The molecule has 0 spiro atoms. The Morgan fingerprint density at radius 3 is 1.81 bits per heavy atom. The van der Waals surface area contributed by atoms with E-state index in [0.29, 0.717) is 87.9 Å². The monoisotopic (exact) mass is 870 g/mol. The highest BCUT2D eigenvalue weighted by Crippen LogP contribution is 2.31. The normalized spacial score (nSPS) is 11.8. The first-order valence-corrected chi connectivity index (χ1v) is 20.8. The van der Waals surface area contributed by atoms with Gasteiger partial charge in [-0.3, -0.25) is 19.0 Å². The van der Waals surface area contributed by atoms with Gasteiger partial charge in [-0.2, -0.15) is 10.2 Å². The average molecular weight is 871 g/mol. The Morgan fingerprint density at radius 1 is 0.703 bits per heavy atom. The van der Waals surface area contributed by atoms with E-state index < -0.39 is 11.8 Å². The third-order valence-corrected chi connectivity index (χ3v) is 11.4. The molecule has 0 unspecified atom stereocenters. The molecular weight excluding hydrogens is 817 g/mol. The Kier molecular flexibility index (Phi) is 12.4. The summed E-state index contributed by atoms with van der Waals surface area (Å²) in [7, 11) is 5.20. The molecule has 0 atom stereocenters. The molecule has 0 fully saturated rings. The van der Waals surface area contributed by atoms with Gasteiger partial charge in [0.25, 0.3) is 0 Å². The molecule has 7 rings (SSSR count). The topological polar surface area (TPSA) is 216 Å². The first kappa shape index (κ1) is 44.3. The Balaban J connectivity index is 1.36. The number of amides is 4. The first-order valence-electron chi connectivity index (χ1n) is 20.8. The average Bonchev–Trinajstić information content (AvgIpc) is 4.00. The molecule has 0 saturated heterocycles. The van der Waals surface area contributed by atoms with E-state index in [1.54, 1.807) is 64.5 Å². The largest absolute Gasteiger partial charge is 0.497 e. The summed E-state index contributed by atoms with van der Waals surface area (Å²) in [5.41, 5.74) is 19.6. The fraction of sp³-hybridized carbons (Fsp3) is 0.304. The molecule has 0 aliphatic rings.